The van der Waals surface area contributed by atoms with Gasteiger partial charge in [-0.3, -0.25) is 4.79 Å². The van der Waals surface area contributed by atoms with Gasteiger partial charge in [-0.1, -0.05) is 60.3 Å². The van der Waals surface area contributed by atoms with Crippen LogP contribution >= 0.6 is 11.8 Å². The van der Waals surface area contributed by atoms with Crippen molar-refractivity contribution in [3.63, 3.8) is 0 Å². The van der Waals surface area contributed by atoms with Gasteiger partial charge in [-0.25, -0.2) is 9.97 Å². The van der Waals surface area contributed by atoms with Crippen LogP contribution in [0, 0.1) is 0 Å². The smallest absolute Gasteiger partial charge is 0.236 e. The lowest BCUT2D eigenvalue weighted by Crippen LogP contribution is -2.15. The maximum Gasteiger partial charge on any atom is 0.236 e. The average molecular weight is 374 g/mol. The second kappa shape index (κ2) is 8.05. The fraction of sp³-hybridized carbons (Fsp3) is 0.0952. The molecule has 0 aliphatic carbocycles. The summed E-state index contributed by atoms with van der Waals surface area (Å²) < 4.78 is 2.16. The summed E-state index contributed by atoms with van der Waals surface area (Å²) in [4.78, 5) is 21.1. The van der Waals surface area contributed by atoms with Crippen molar-refractivity contribution in [3.05, 3.63) is 84.6 Å². The standard InChI is InChI=1S/C21H18N4OS/c26-20(24-19-12-6-7-13-22-19)15-27-21-23-17-10-4-5-11-18(17)25(21)14-16-8-2-1-3-9-16/h1-13H,14-15H2,(H,22,24,26). The molecule has 0 bridgehead atoms. The topological polar surface area (TPSA) is 59.8 Å². The highest BCUT2D eigenvalue weighted by atomic mass is 32.2. The number of carbonyl (C=O) groups excluding carboxylic acids is 1. The van der Waals surface area contributed by atoms with Gasteiger partial charge in [0.15, 0.2) is 5.16 Å². The van der Waals surface area contributed by atoms with E-state index in [1.807, 2.05) is 48.5 Å². The molecule has 1 amide bonds. The van der Waals surface area contributed by atoms with E-state index in [4.69, 9.17) is 4.98 Å². The molecule has 0 saturated carbocycles. The third-order valence-corrected chi connectivity index (χ3v) is 5.04. The summed E-state index contributed by atoms with van der Waals surface area (Å²) in [5.74, 6) is 0.729. The molecule has 0 aliphatic heterocycles. The van der Waals surface area contributed by atoms with Crippen molar-refractivity contribution in [1.29, 1.82) is 0 Å². The molecule has 2 heterocycles. The normalized spacial score (nSPS) is 10.8. The molecule has 0 saturated heterocycles. The molecular weight excluding hydrogens is 356 g/mol. The zero-order valence-electron chi connectivity index (χ0n) is 14.6. The van der Waals surface area contributed by atoms with Crippen LogP contribution in [0.1, 0.15) is 5.56 Å². The van der Waals surface area contributed by atoms with E-state index in [0.717, 1.165) is 16.2 Å². The maximum absolute atomic E-state index is 12.3. The van der Waals surface area contributed by atoms with E-state index >= 15 is 0 Å². The Labute approximate surface area is 161 Å². The molecule has 4 aromatic rings. The van der Waals surface area contributed by atoms with Crippen LogP contribution in [0.4, 0.5) is 5.82 Å². The van der Waals surface area contributed by atoms with E-state index in [0.29, 0.717) is 12.4 Å². The number of thioether (sulfide) groups is 1. The molecule has 134 valence electrons. The third-order valence-electron chi connectivity index (χ3n) is 4.07. The minimum Gasteiger partial charge on any atom is -0.314 e. The summed E-state index contributed by atoms with van der Waals surface area (Å²) in [5.41, 5.74) is 3.19. The van der Waals surface area contributed by atoms with Crippen molar-refractivity contribution in [3.8, 4) is 0 Å². The average Bonchev–Trinajstić information content (AvgIpc) is 3.06. The number of carbonyl (C=O) groups is 1. The van der Waals surface area contributed by atoms with Crippen LogP contribution in [0.3, 0.4) is 0 Å². The zero-order valence-corrected chi connectivity index (χ0v) is 15.4. The summed E-state index contributed by atoms with van der Waals surface area (Å²) in [6, 6.07) is 23.7. The Balaban J connectivity index is 1.54. The third kappa shape index (κ3) is 4.17. The van der Waals surface area contributed by atoms with Gasteiger partial charge in [0.25, 0.3) is 0 Å². The number of imidazole rings is 1. The summed E-state index contributed by atoms with van der Waals surface area (Å²) in [5, 5.41) is 3.64. The zero-order chi connectivity index (χ0) is 18.5. The summed E-state index contributed by atoms with van der Waals surface area (Å²) in [6.07, 6.45) is 1.65. The van der Waals surface area contributed by atoms with Crippen molar-refractivity contribution in [2.24, 2.45) is 0 Å². The van der Waals surface area contributed by atoms with Crippen molar-refractivity contribution in [2.45, 2.75) is 11.7 Å². The number of rotatable bonds is 6. The Hall–Kier alpha value is -3.12. The van der Waals surface area contributed by atoms with Crippen LogP contribution in [0.25, 0.3) is 11.0 Å². The van der Waals surface area contributed by atoms with E-state index in [1.165, 1.54) is 17.3 Å². The monoisotopic (exact) mass is 374 g/mol. The molecule has 4 rings (SSSR count). The lowest BCUT2D eigenvalue weighted by atomic mass is 10.2. The molecule has 0 aliphatic rings. The number of fused-ring (bicyclic) bond motifs is 1. The van der Waals surface area contributed by atoms with Gasteiger partial charge in [-0.15, -0.1) is 0 Å². The first kappa shape index (κ1) is 17.3. The molecule has 5 nitrogen and oxygen atoms in total. The number of aromatic nitrogens is 3. The van der Waals surface area contributed by atoms with Crippen LogP contribution < -0.4 is 5.32 Å². The maximum atomic E-state index is 12.3. The number of para-hydroxylation sites is 2. The fourth-order valence-electron chi connectivity index (χ4n) is 2.83. The van der Waals surface area contributed by atoms with Gasteiger partial charge in [0, 0.05) is 6.20 Å². The number of hydrogen-bond acceptors (Lipinski definition) is 4. The molecule has 0 unspecified atom stereocenters. The Morgan fingerprint density at radius 2 is 1.74 bits per heavy atom. The highest BCUT2D eigenvalue weighted by molar-refractivity contribution is 7.99. The van der Waals surface area contributed by atoms with Crippen LogP contribution in [-0.2, 0) is 11.3 Å². The Morgan fingerprint density at radius 1 is 0.963 bits per heavy atom. The van der Waals surface area contributed by atoms with Gasteiger partial charge in [0.1, 0.15) is 5.82 Å². The Kier molecular flexibility index (Phi) is 5.16. The lowest BCUT2D eigenvalue weighted by molar-refractivity contribution is -0.113. The molecule has 0 atom stereocenters. The Bertz CT molecular complexity index is 1050. The van der Waals surface area contributed by atoms with Gasteiger partial charge in [-0.05, 0) is 29.8 Å². The highest BCUT2D eigenvalue weighted by Crippen LogP contribution is 2.25. The lowest BCUT2D eigenvalue weighted by Gasteiger charge is -2.09. The second-order valence-corrected chi connectivity index (χ2v) is 6.95. The fourth-order valence-corrected chi connectivity index (χ4v) is 3.64. The predicted molar refractivity (Wildman–Crippen MR) is 109 cm³/mol. The molecular formula is C21H18N4OS. The van der Waals surface area contributed by atoms with Gasteiger partial charge in [0.05, 0.1) is 23.3 Å². The van der Waals surface area contributed by atoms with Crippen LogP contribution in [0.15, 0.2) is 84.1 Å². The molecule has 0 radical (unpaired) electrons. The minimum atomic E-state index is -0.1000. The van der Waals surface area contributed by atoms with E-state index in [1.54, 1.807) is 12.3 Å². The van der Waals surface area contributed by atoms with E-state index in [9.17, 15) is 4.79 Å². The molecule has 2 aromatic heterocycles. The summed E-state index contributed by atoms with van der Waals surface area (Å²) in [6.45, 7) is 0.714. The first-order valence-corrected chi connectivity index (χ1v) is 9.61. The molecule has 27 heavy (non-hydrogen) atoms. The summed E-state index contributed by atoms with van der Waals surface area (Å²) in [7, 11) is 0. The van der Waals surface area contributed by atoms with Crippen LogP contribution in [-0.4, -0.2) is 26.2 Å². The molecule has 2 aromatic carbocycles. The van der Waals surface area contributed by atoms with E-state index < -0.39 is 0 Å². The predicted octanol–water partition coefficient (Wildman–Crippen LogP) is 4.21. The van der Waals surface area contributed by atoms with Gasteiger partial charge < -0.3 is 9.88 Å². The number of nitrogens with one attached hydrogen (secondary N) is 1. The SMILES string of the molecule is O=C(CSc1nc2ccccc2n1Cc1ccccc1)Nc1ccccn1. The van der Waals surface area contributed by atoms with E-state index in [-0.39, 0.29) is 11.7 Å². The molecule has 0 spiro atoms. The second-order valence-electron chi connectivity index (χ2n) is 6.01. The molecule has 6 heteroatoms. The van der Waals surface area contributed by atoms with Crippen molar-refractivity contribution >= 4 is 34.5 Å². The number of nitrogens with zero attached hydrogens (tertiary/aromatic N) is 3. The first-order valence-electron chi connectivity index (χ1n) is 8.62. The van der Waals surface area contributed by atoms with E-state index in [2.05, 4.69) is 33.1 Å². The highest BCUT2D eigenvalue weighted by Gasteiger charge is 2.13. The van der Waals surface area contributed by atoms with Crippen LogP contribution in [0.5, 0.6) is 0 Å². The quantitative estimate of drug-likeness (QED) is 0.514. The molecule has 0 fully saturated rings. The van der Waals surface area contributed by atoms with Gasteiger partial charge in [0.2, 0.25) is 5.91 Å². The number of anilines is 1. The number of benzene rings is 2. The largest absolute Gasteiger partial charge is 0.314 e. The number of pyridine rings is 1. The molecule has 1 N–H and O–H groups in total. The first-order chi connectivity index (χ1) is 13.3. The van der Waals surface area contributed by atoms with Crippen molar-refractivity contribution < 1.29 is 4.79 Å². The van der Waals surface area contributed by atoms with Crippen LogP contribution in [0.2, 0.25) is 0 Å². The minimum absolute atomic E-state index is 0.1000. The number of amides is 1. The van der Waals surface area contributed by atoms with Gasteiger partial charge in [-0.2, -0.15) is 0 Å². The number of hydrogen-bond donors (Lipinski definition) is 1. The van der Waals surface area contributed by atoms with Gasteiger partial charge >= 0.3 is 0 Å². The van der Waals surface area contributed by atoms with Crippen molar-refractivity contribution in [1.82, 2.24) is 14.5 Å². The summed E-state index contributed by atoms with van der Waals surface area (Å²) >= 11 is 1.43. The van der Waals surface area contributed by atoms with Crippen molar-refractivity contribution in [2.75, 3.05) is 11.1 Å². The Morgan fingerprint density at radius 3 is 2.56 bits per heavy atom.